The lowest BCUT2D eigenvalue weighted by molar-refractivity contribution is -0.386. The molecule has 2 rings (SSSR count). The van der Waals surface area contributed by atoms with E-state index in [1.807, 2.05) is 0 Å². The third-order valence-electron chi connectivity index (χ3n) is 2.73. The van der Waals surface area contributed by atoms with E-state index in [0.29, 0.717) is 15.5 Å². The molecule has 0 aliphatic rings. The third-order valence-corrected chi connectivity index (χ3v) is 3.78. The van der Waals surface area contributed by atoms with E-state index in [-0.39, 0.29) is 11.4 Å². The van der Waals surface area contributed by atoms with E-state index in [1.54, 1.807) is 37.4 Å². The van der Waals surface area contributed by atoms with E-state index in [0.717, 1.165) is 0 Å². The Kier molecular flexibility index (Phi) is 4.39. The van der Waals surface area contributed by atoms with Gasteiger partial charge in [0.25, 0.3) is 5.69 Å². The van der Waals surface area contributed by atoms with Crippen LogP contribution >= 0.6 is 11.8 Å². The zero-order valence-electron chi connectivity index (χ0n) is 11.0. The fourth-order valence-corrected chi connectivity index (χ4v) is 2.71. The first kappa shape index (κ1) is 14.8. The molecule has 0 aromatic heterocycles. The average molecular weight is 305 g/mol. The van der Waals surface area contributed by atoms with E-state index in [4.69, 9.17) is 0 Å². The molecule has 0 saturated heterocycles. The van der Waals surface area contributed by atoms with Gasteiger partial charge in [0.2, 0.25) is 0 Å². The Labute approximate surface area is 124 Å². The fraction of sp³-hybridized carbons (Fsp3) is 0.0769. The Hall–Kier alpha value is -2.61. The van der Waals surface area contributed by atoms with Gasteiger partial charge in [0.1, 0.15) is 5.69 Å². The normalized spacial score (nSPS) is 10.1. The summed E-state index contributed by atoms with van der Waals surface area (Å²) in [4.78, 5) is 22.0. The molecule has 8 heteroatoms. The predicted molar refractivity (Wildman–Crippen MR) is 79.9 cm³/mol. The number of nitrogens with zero attached hydrogens (tertiary/aromatic N) is 2. The quantitative estimate of drug-likeness (QED) is 0.668. The summed E-state index contributed by atoms with van der Waals surface area (Å²) in [7, 11) is 1.61. The first-order valence-electron chi connectivity index (χ1n) is 5.90. The Morgan fingerprint density at radius 3 is 2.19 bits per heavy atom. The molecule has 21 heavy (non-hydrogen) atoms. The van der Waals surface area contributed by atoms with Gasteiger partial charge in [0.05, 0.1) is 14.7 Å². The molecule has 0 heterocycles. The molecule has 0 aliphatic heterocycles. The van der Waals surface area contributed by atoms with Crippen molar-refractivity contribution in [1.82, 2.24) is 0 Å². The second kappa shape index (κ2) is 6.23. The van der Waals surface area contributed by atoms with Gasteiger partial charge in [-0.2, -0.15) is 0 Å². The molecule has 2 aromatic rings. The summed E-state index contributed by atoms with van der Waals surface area (Å²) in [6.07, 6.45) is 0. The topological polar surface area (TPSA) is 98.3 Å². The maximum atomic E-state index is 11.2. The zero-order chi connectivity index (χ0) is 15.4. The van der Waals surface area contributed by atoms with Gasteiger partial charge in [-0.15, -0.1) is 0 Å². The molecule has 7 nitrogen and oxygen atoms in total. The van der Waals surface area contributed by atoms with Crippen LogP contribution in [0.25, 0.3) is 0 Å². The third kappa shape index (κ3) is 3.29. The molecular weight excluding hydrogens is 294 g/mol. The second-order valence-corrected chi connectivity index (χ2v) is 5.13. The van der Waals surface area contributed by atoms with Crippen LogP contribution in [0.15, 0.2) is 52.3 Å². The Morgan fingerprint density at radius 1 is 1.00 bits per heavy atom. The van der Waals surface area contributed by atoms with Crippen LogP contribution in [0, 0.1) is 20.2 Å². The molecular formula is C13H11N3O4S. The number of hydrogen-bond donors (Lipinski definition) is 1. The maximum Gasteiger partial charge on any atom is 0.306 e. The lowest BCUT2D eigenvalue weighted by Crippen LogP contribution is -1.98. The number of hydrogen-bond acceptors (Lipinski definition) is 6. The zero-order valence-corrected chi connectivity index (χ0v) is 11.8. The number of nitrogens with one attached hydrogen (secondary N) is 1. The number of nitro benzene ring substituents is 2. The summed E-state index contributed by atoms with van der Waals surface area (Å²) in [6, 6.07) is 10.9. The summed E-state index contributed by atoms with van der Waals surface area (Å²) in [6.45, 7) is 0. The molecule has 0 spiro atoms. The highest BCUT2D eigenvalue weighted by molar-refractivity contribution is 7.99. The number of para-hydroxylation sites is 1. The standard InChI is InChI=1S/C13H11N3O4S/c1-14-11-3-2-4-12(13(11)16(19)20)21-10-7-5-9(6-8-10)15(17)18/h2-8,14H,1H3. The molecule has 0 aliphatic carbocycles. The molecule has 0 saturated carbocycles. The summed E-state index contributed by atoms with van der Waals surface area (Å²) in [5.41, 5.74) is 0.396. The Balaban J connectivity index is 2.35. The smallest absolute Gasteiger partial charge is 0.306 e. The van der Waals surface area contributed by atoms with Crippen LogP contribution < -0.4 is 5.32 Å². The fourth-order valence-electron chi connectivity index (χ4n) is 1.76. The maximum absolute atomic E-state index is 11.2. The lowest BCUT2D eigenvalue weighted by atomic mass is 10.2. The largest absolute Gasteiger partial charge is 0.383 e. The number of benzene rings is 2. The van der Waals surface area contributed by atoms with Crippen molar-refractivity contribution in [3.63, 3.8) is 0 Å². The molecule has 0 fully saturated rings. The van der Waals surface area contributed by atoms with E-state index >= 15 is 0 Å². The van der Waals surface area contributed by atoms with Gasteiger partial charge in [-0.05, 0) is 24.3 Å². The van der Waals surface area contributed by atoms with Crippen molar-refractivity contribution in [3.05, 3.63) is 62.7 Å². The highest BCUT2D eigenvalue weighted by Gasteiger charge is 2.19. The van der Waals surface area contributed by atoms with Crippen molar-refractivity contribution >= 4 is 28.8 Å². The van der Waals surface area contributed by atoms with Gasteiger partial charge >= 0.3 is 5.69 Å². The van der Waals surface area contributed by atoms with E-state index < -0.39 is 9.85 Å². The van der Waals surface area contributed by atoms with Crippen LogP contribution in [0.5, 0.6) is 0 Å². The number of nitro groups is 2. The molecule has 0 atom stereocenters. The minimum absolute atomic E-state index is 0.0108. The minimum Gasteiger partial charge on any atom is -0.383 e. The predicted octanol–water partition coefficient (Wildman–Crippen LogP) is 3.70. The highest BCUT2D eigenvalue weighted by Crippen LogP contribution is 2.39. The van der Waals surface area contributed by atoms with Crippen molar-refractivity contribution in [2.45, 2.75) is 9.79 Å². The molecule has 1 N–H and O–H groups in total. The van der Waals surface area contributed by atoms with Crippen molar-refractivity contribution in [2.75, 3.05) is 12.4 Å². The van der Waals surface area contributed by atoms with Gasteiger partial charge in [-0.1, -0.05) is 17.8 Å². The van der Waals surface area contributed by atoms with Crippen molar-refractivity contribution in [2.24, 2.45) is 0 Å². The van der Waals surface area contributed by atoms with Crippen LogP contribution in [0.4, 0.5) is 17.1 Å². The number of anilines is 1. The van der Waals surface area contributed by atoms with E-state index in [1.165, 1.54) is 23.9 Å². The van der Waals surface area contributed by atoms with Crippen LogP contribution in [-0.4, -0.2) is 16.9 Å². The lowest BCUT2D eigenvalue weighted by Gasteiger charge is -2.07. The number of rotatable bonds is 5. The molecule has 0 radical (unpaired) electrons. The molecule has 2 aromatic carbocycles. The first-order valence-corrected chi connectivity index (χ1v) is 6.72. The SMILES string of the molecule is CNc1cccc(Sc2ccc([N+](=O)[O-])cc2)c1[N+](=O)[O-]. The van der Waals surface area contributed by atoms with Gasteiger partial charge in [0.15, 0.2) is 0 Å². The molecule has 108 valence electrons. The van der Waals surface area contributed by atoms with Gasteiger partial charge in [-0.3, -0.25) is 20.2 Å². The van der Waals surface area contributed by atoms with E-state index in [9.17, 15) is 20.2 Å². The van der Waals surface area contributed by atoms with E-state index in [2.05, 4.69) is 5.32 Å². The second-order valence-electron chi connectivity index (χ2n) is 4.01. The van der Waals surface area contributed by atoms with Crippen LogP contribution in [0.2, 0.25) is 0 Å². The van der Waals surface area contributed by atoms with Crippen LogP contribution in [-0.2, 0) is 0 Å². The first-order chi connectivity index (χ1) is 10.0. The summed E-state index contributed by atoms with van der Waals surface area (Å²) in [5, 5.41) is 24.6. The Morgan fingerprint density at radius 2 is 1.67 bits per heavy atom. The highest BCUT2D eigenvalue weighted by atomic mass is 32.2. The van der Waals surface area contributed by atoms with Crippen LogP contribution in [0.1, 0.15) is 0 Å². The van der Waals surface area contributed by atoms with Crippen LogP contribution in [0.3, 0.4) is 0 Å². The molecule has 0 amide bonds. The van der Waals surface area contributed by atoms with Gasteiger partial charge in [-0.25, -0.2) is 0 Å². The monoisotopic (exact) mass is 305 g/mol. The average Bonchev–Trinajstić information content (AvgIpc) is 2.47. The molecule has 0 unspecified atom stereocenters. The summed E-state index contributed by atoms with van der Waals surface area (Å²) >= 11 is 1.19. The van der Waals surface area contributed by atoms with Gasteiger partial charge in [0, 0.05) is 24.1 Å². The van der Waals surface area contributed by atoms with Crippen molar-refractivity contribution in [1.29, 1.82) is 0 Å². The summed E-state index contributed by atoms with van der Waals surface area (Å²) < 4.78 is 0. The van der Waals surface area contributed by atoms with Gasteiger partial charge < -0.3 is 5.32 Å². The number of non-ortho nitro benzene ring substituents is 1. The minimum atomic E-state index is -0.488. The van der Waals surface area contributed by atoms with Crippen molar-refractivity contribution < 1.29 is 9.85 Å². The molecule has 0 bridgehead atoms. The summed E-state index contributed by atoms with van der Waals surface area (Å²) in [5.74, 6) is 0. The Bertz CT molecular complexity index is 688. The van der Waals surface area contributed by atoms with Crippen molar-refractivity contribution in [3.8, 4) is 0 Å².